The molecule has 0 fully saturated rings. The lowest BCUT2D eigenvalue weighted by Gasteiger charge is -2.11. The number of ether oxygens (including phenoxy) is 1. The second-order valence-electron chi connectivity index (χ2n) is 5.09. The molecule has 1 aromatic carbocycles. The Morgan fingerprint density at radius 3 is 2.44 bits per heavy atom. The third-order valence-electron chi connectivity index (χ3n) is 3.00. The van der Waals surface area contributed by atoms with Gasteiger partial charge in [0.2, 0.25) is 5.91 Å². The van der Waals surface area contributed by atoms with Crippen LogP contribution >= 0.6 is 24.0 Å². The molecule has 4 N–H and O–H groups in total. The summed E-state index contributed by atoms with van der Waals surface area (Å²) in [5.74, 6) is -0.379. The van der Waals surface area contributed by atoms with E-state index in [1.54, 1.807) is 0 Å². The van der Waals surface area contributed by atoms with Crippen LogP contribution in [-0.4, -0.2) is 30.8 Å². The molecule has 6 nitrogen and oxygen atoms in total. The first-order valence-corrected chi connectivity index (χ1v) is 7.41. The van der Waals surface area contributed by atoms with Crippen LogP contribution in [0.15, 0.2) is 29.3 Å². The van der Waals surface area contributed by atoms with Gasteiger partial charge < -0.3 is 21.1 Å². The number of hydrogen-bond donors (Lipinski definition) is 3. The van der Waals surface area contributed by atoms with Crippen molar-refractivity contribution in [1.29, 1.82) is 0 Å². The van der Waals surface area contributed by atoms with Crippen molar-refractivity contribution in [3.8, 4) is 5.75 Å². The van der Waals surface area contributed by atoms with Gasteiger partial charge in [-0.25, -0.2) is 0 Å². The molecule has 0 aliphatic heterocycles. The first kappa shape index (κ1) is 23.3. The van der Waals surface area contributed by atoms with Gasteiger partial charge in [-0.2, -0.15) is 0 Å². The van der Waals surface area contributed by atoms with E-state index in [1.807, 2.05) is 13.8 Å². The van der Waals surface area contributed by atoms with Gasteiger partial charge in [-0.05, 0) is 37.6 Å². The molecule has 0 aliphatic rings. The highest BCUT2D eigenvalue weighted by Gasteiger charge is 2.30. The Bertz CT molecular complexity index is 565. The van der Waals surface area contributed by atoms with Crippen LogP contribution in [0.5, 0.6) is 5.75 Å². The van der Waals surface area contributed by atoms with Gasteiger partial charge >= 0.3 is 6.36 Å². The Labute approximate surface area is 161 Å². The van der Waals surface area contributed by atoms with Crippen LogP contribution in [-0.2, 0) is 4.79 Å². The maximum absolute atomic E-state index is 12.0. The van der Waals surface area contributed by atoms with Crippen LogP contribution < -0.4 is 21.1 Å². The average molecular weight is 474 g/mol. The summed E-state index contributed by atoms with van der Waals surface area (Å²) in [6.07, 6.45) is -3.69. The predicted octanol–water partition coefficient (Wildman–Crippen LogP) is 3.23. The van der Waals surface area contributed by atoms with Crippen LogP contribution in [0.25, 0.3) is 0 Å². The summed E-state index contributed by atoms with van der Waals surface area (Å²) in [4.78, 5) is 15.5. The van der Waals surface area contributed by atoms with Gasteiger partial charge in [0.05, 0.1) is 6.54 Å². The van der Waals surface area contributed by atoms with Crippen molar-refractivity contribution in [1.82, 2.24) is 5.32 Å². The molecule has 0 saturated carbocycles. The maximum Gasteiger partial charge on any atom is 0.573 e. The number of nitrogens with zero attached hydrogens (tertiary/aromatic N) is 1. The molecule has 1 rings (SSSR count). The van der Waals surface area contributed by atoms with Gasteiger partial charge in [0.15, 0.2) is 5.96 Å². The molecular formula is C15H22F3IN4O2. The number of hydrogen-bond acceptors (Lipinski definition) is 3. The molecule has 1 unspecified atom stereocenters. The molecule has 25 heavy (non-hydrogen) atoms. The number of nitrogens with two attached hydrogens (primary N) is 1. The number of benzene rings is 1. The molecule has 1 aromatic rings. The minimum atomic E-state index is -4.73. The van der Waals surface area contributed by atoms with Gasteiger partial charge in [-0.1, -0.05) is 6.92 Å². The molecular weight excluding hydrogens is 452 g/mol. The lowest BCUT2D eigenvalue weighted by molar-refractivity contribution is -0.274. The van der Waals surface area contributed by atoms with Crippen molar-refractivity contribution < 1.29 is 22.7 Å². The third-order valence-corrected chi connectivity index (χ3v) is 3.00. The molecule has 0 aromatic heterocycles. The van der Waals surface area contributed by atoms with E-state index in [2.05, 4.69) is 20.4 Å². The highest BCUT2D eigenvalue weighted by atomic mass is 127. The Hall–Kier alpha value is -1.72. The zero-order chi connectivity index (χ0) is 18.2. The number of alkyl halides is 3. The smallest absolute Gasteiger partial charge is 0.406 e. The minimum Gasteiger partial charge on any atom is -0.406 e. The molecule has 0 spiro atoms. The van der Waals surface area contributed by atoms with Crippen molar-refractivity contribution >= 4 is 41.5 Å². The summed E-state index contributed by atoms with van der Waals surface area (Å²) in [5.41, 5.74) is 6.11. The summed E-state index contributed by atoms with van der Waals surface area (Å²) in [6.45, 7) is 4.08. The van der Waals surface area contributed by atoms with E-state index in [0.29, 0.717) is 5.69 Å². The monoisotopic (exact) mass is 474 g/mol. The van der Waals surface area contributed by atoms with E-state index < -0.39 is 6.36 Å². The van der Waals surface area contributed by atoms with Gasteiger partial charge in [0, 0.05) is 18.2 Å². The zero-order valence-corrected chi connectivity index (χ0v) is 16.2. The number of carbonyl (C=O) groups is 1. The number of guanidine groups is 1. The first-order chi connectivity index (χ1) is 11.2. The highest BCUT2D eigenvalue weighted by Crippen LogP contribution is 2.23. The summed E-state index contributed by atoms with van der Waals surface area (Å²) in [7, 11) is 0. The van der Waals surface area contributed by atoms with E-state index in [-0.39, 0.29) is 60.6 Å². The predicted molar refractivity (Wildman–Crippen MR) is 101 cm³/mol. The fourth-order valence-electron chi connectivity index (χ4n) is 1.65. The summed E-state index contributed by atoms with van der Waals surface area (Å²) >= 11 is 0. The maximum atomic E-state index is 12.0. The highest BCUT2D eigenvalue weighted by molar-refractivity contribution is 14.0. The molecule has 0 saturated heterocycles. The summed E-state index contributed by atoms with van der Waals surface area (Å²) in [5, 5.41) is 5.52. The Balaban J connectivity index is 0.00000576. The van der Waals surface area contributed by atoms with Crippen LogP contribution in [0.3, 0.4) is 0 Å². The Morgan fingerprint density at radius 1 is 1.32 bits per heavy atom. The number of rotatable bonds is 7. The van der Waals surface area contributed by atoms with Crippen LogP contribution in [0.1, 0.15) is 26.7 Å². The van der Waals surface area contributed by atoms with E-state index in [1.165, 1.54) is 12.1 Å². The molecule has 0 radical (unpaired) electrons. The molecule has 1 atom stereocenters. The fourth-order valence-corrected chi connectivity index (χ4v) is 1.65. The molecule has 0 aliphatic carbocycles. The number of carbonyl (C=O) groups excluding carboxylic acids is 1. The Kier molecular flexibility index (Phi) is 10.2. The molecule has 0 heterocycles. The third kappa shape index (κ3) is 10.7. The second-order valence-corrected chi connectivity index (χ2v) is 5.09. The lowest BCUT2D eigenvalue weighted by atomic mass is 10.2. The molecule has 142 valence electrons. The van der Waals surface area contributed by atoms with E-state index in [4.69, 9.17) is 5.73 Å². The molecule has 1 amide bonds. The van der Waals surface area contributed by atoms with Gasteiger partial charge in [-0.15, -0.1) is 37.1 Å². The quantitative estimate of drug-likeness (QED) is 0.322. The first-order valence-electron chi connectivity index (χ1n) is 7.41. The van der Waals surface area contributed by atoms with Crippen molar-refractivity contribution in [3.05, 3.63) is 24.3 Å². The molecule has 10 heteroatoms. The van der Waals surface area contributed by atoms with Gasteiger partial charge in [0.25, 0.3) is 0 Å². The van der Waals surface area contributed by atoms with Crippen molar-refractivity contribution in [2.75, 3.05) is 11.9 Å². The largest absolute Gasteiger partial charge is 0.573 e. The van der Waals surface area contributed by atoms with Crippen molar-refractivity contribution in [2.45, 2.75) is 39.1 Å². The van der Waals surface area contributed by atoms with E-state index in [9.17, 15) is 18.0 Å². The van der Waals surface area contributed by atoms with Gasteiger partial charge in [0.1, 0.15) is 5.75 Å². The topological polar surface area (TPSA) is 88.7 Å². The van der Waals surface area contributed by atoms with Gasteiger partial charge in [-0.3, -0.25) is 9.79 Å². The average Bonchev–Trinajstić information content (AvgIpc) is 2.47. The minimum absolute atomic E-state index is 0. The van der Waals surface area contributed by atoms with Crippen LogP contribution in [0, 0.1) is 0 Å². The SMILES string of the molecule is CCC(C)NC(=O)CCN=C(N)Nc1ccc(OC(F)(F)F)cc1.I. The summed E-state index contributed by atoms with van der Waals surface area (Å²) in [6, 6.07) is 5.16. The van der Waals surface area contributed by atoms with E-state index >= 15 is 0 Å². The zero-order valence-electron chi connectivity index (χ0n) is 13.9. The lowest BCUT2D eigenvalue weighted by Crippen LogP contribution is -2.32. The number of halogens is 4. The second kappa shape index (κ2) is 11.0. The number of nitrogens with one attached hydrogen (secondary N) is 2. The van der Waals surface area contributed by atoms with E-state index in [0.717, 1.165) is 18.6 Å². The summed E-state index contributed by atoms with van der Waals surface area (Å²) < 4.78 is 39.9. The fraction of sp³-hybridized carbons (Fsp3) is 0.467. The van der Waals surface area contributed by atoms with Crippen LogP contribution in [0.4, 0.5) is 18.9 Å². The standard InChI is InChI=1S/C15H21F3N4O2.HI/c1-3-10(2)21-13(23)8-9-20-14(19)22-11-4-6-12(7-5-11)24-15(16,17)18;/h4-7,10H,3,8-9H2,1-2H3,(H,21,23)(H3,19,20,22);1H. The van der Waals surface area contributed by atoms with Crippen molar-refractivity contribution in [3.63, 3.8) is 0 Å². The Morgan fingerprint density at radius 2 is 1.92 bits per heavy atom. The van der Waals surface area contributed by atoms with Crippen LogP contribution in [0.2, 0.25) is 0 Å². The normalized spacial score (nSPS) is 12.8. The number of amides is 1. The van der Waals surface area contributed by atoms with Crippen molar-refractivity contribution in [2.24, 2.45) is 10.7 Å². The number of aliphatic imine (C=N–C) groups is 1. The number of anilines is 1. The molecule has 0 bridgehead atoms.